The lowest BCUT2D eigenvalue weighted by molar-refractivity contribution is 0.0210. The number of benzene rings is 1. The number of carbonyl (C=O) groups excluding carboxylic acids is 1. The Bertz CT molecular complexity index is 1010. The quantitative estimate of drug-likeness (QED) is 0.684. The molecule has 2 aliphatic heterocycles. The lowest BCUT2D eigenvalue weighted by Crippen LogP contribution is -2.44. The molecule has 2 saturated heterocycles. The first kappa shape index (κ1) is 24.2. The predicted octanol–water partition coefficient (Wildman–Crippen LogP) is 4.45. The Hall–Kier alpha value is -2.97. The minimum Gasteiger partial charge on any atom is -0.493 e. The molecule has 2 aromatic rings. The van der Waals surface area contributed by atoms with E-state index >= 15 is 0 Å². The van der Waals surface area contributed by atoms with Crippen LogP contribution in [0, 0.1) is 0 Å². The van der Waals surface area contributed by atoms with Gasteiger partial charge >= 0.3 is 6.09 Å². The third-order valence-electron chi connectivity index (χ3n) is 6.32. The number of nitrogens with zero attached hydrogens (tertiary/aromatic N) is 4. The van der Waals surface area contributed by atoms with Crippen LogP contribution in [0.2, 0.25) is 0 Å². The molecule has 1 amide bonds. The number of piperidine rings is 2. The minimum atomic E-state index is -0.489. The van der Waals surface area contributed by atoms with Crippen LogP contribution >= 0.6 is 0 Å². The fourth-order valence-corrected chi connectivity index (χ4v) is 4.51. The van der Waals surface area contributed by atoms with E-state index in [4.69, 9.17) is 24.2 Å². The number of rotatable bonds is 5. The van der Waals surface area contributed by atoms with Gasteiger partial charge in [-0.25, -0.2) is 9.78 Å². The van der Waals surface area contributed by atoms with Crippen molar-refractivity contribution in [3.05, 3.63) is 12.1 Å². The first-order valence-corrected chi connectivity index (χ1v) is 12.2. The summed E-state index contributed by atoms with van der Waals surface area (Å²) in [4.78, 5) is 26.3. The number of hydrogen-bond acceptors (Lipinski definition) is 8. The second kappa shape index (κ2) is 10.1. The SMILES string of the molecule is COc1cc2nc(N3CCCCC3)nc(NC3CCN(C(=O)OC(C)(C)C)CC3)c2cc1OC. The lowest BCUT2D eigenvalue weighted by atomic mass is 10.0. The summed E-state index contributed by atoms with van der Waals surface area (Å²) in [6.07, 6.45) is 4.94. The smallest absolute Gasteiger partial charge is 0.410 e. The molecule has 9 nitrogen and oxygen atoms in total. The van der Waals surface area contributed by atoms with Crippen molar-refractivity contribution in [3.63, 3.8) is 0 Å². The number of anilines is 2. The molecule has 0 spiro atoms. The molecular formula is C25H37N5O4. The molecule has 2 fully saturated rings. The van der Waals surface area contributed by atoms with Crippen molar-refractivity contribution in [3.8, 4) is 11.5 Å². The highest BCUT2D eigenvalue weighted by Crippen LogP contribution is 2.36. The van der Waals surface area contributed by atoms with Gasteiger partial charge in [0.1, 0.15) is 11.4 Å². The highest BCUT2D eigenvalue weighted by atomic mass is 16.6. The van der Waals surface area contributed by atoms with Crippen molar-refractivity contribution in [1.82, 2.24) is 14.9 Å². The minimum absolute atomic E-state index is 0.194. The van der Waals surface area contributed by atoms with Gasteiger partial charge in [-0.3, -0.25) is 0 Å². The van der Waals surface area contributed by atoms with E-state index in [1.54, 1.807) is 19.1 Å². The van der Waals surface area contributed by atoms with Gasteiger partial charge in [-0.2, -0.15) is 4.98 Å². The maximum Gasteiger partial charge on any atom is 0.410 e. The second-order valence-corrected chi connectivity index (χ2v) is 10.0. The summed E-state index contributed by atoms with van der Waals surface area (Å²) < 4.78 is 16.6. The molecule has 0 aliphatic carbocycles. The summed E-state index contributed by atoms with van der Waals surface area (Å²) in [6.45, 7) is 8.89. The van der Waals surface area contributed by atoms with Crippen molar-refractivity contribution in [1.29, 1.82) is 0 Å². The van der Waals surface area contributed by atoms with E-state index in [-0.39, 0.29) is 12.1 Å². The van der Waals surface area contributed by atoms with Crippen molar-refractivity contribution >= 4 is 28.8 Å². The monoisotopic (exact) mass is 471 g/mol. The standard InChI is InChI=1S/C25H37N5O4/c1-25(2,3)34-24(31)30-13-9-17(10-14-30)26-22-18-15-20(32-4)21(33-5)16-19(18)27-23(28-22)29-11-7-6-8-12-29/h15-17H,6-14H2,1-5H3,(H,26,27,28). The molecule has 1 aromatic carbocycles. The molecule has 0 bridgehead atoms. The van der Waals surface area contributed by atoms with Crippen LogP contribution in [0.25, 0.3) is 10.9 Å². The van der Waals surface area contributed by atoms with E-state index in [0.717, 1.165) is 61.4 Å². The van der Waals surface area contributed by atoms with Gasteiger partial charge in [-0.15, -0.1) is 0 Å². The highest BCUT2D eigenvalue weighted by molar-refractivity contribution is 5.93. The summed E-state index contributed by atoms with van der Waals surface area (Å²) in [6, 6.07) is 4.05. The van der Waals surface area contributed by atoms with Gasteiger partial charge in [-0.05, 0) is 58.9 Å². The number of likely N-dealkylation sites (tertiary alicyclic amines) is 1. The molecule has 1 aromatic heterocycles. The zero-order chi connectivity index (χ0) is 24.3. The summed E-state index contributed by atoms with van der Waals surface area (Å²) >= 11 is 0. The van der Waals surface area contributed by atoms with Crippen LogP contribution in [0.3, 0.4) is 0 Å². The first-order valence-electron chi connectivity index (χ1n) is 12.2. The van der Waals surface area contributed by atoms with E-state index in [0.29, 0.717) is 24.6 Å². The Labute approximate surface area is 201 Å². The van der Waals surface area contributed by atoms with E-state index in [9.17, 15) is 4.79 Å². The van der Waals surface area contributed by atoms with Crippen LogP contribution in [0.5, 0.6) is 11.5 Å². The number of amides is 1. The number of fused-ring (bicyclic) bond motifs is 1. The molecular weight excluding hydrogens is 434 g/mol. The Morgan fingerprint density at radius 1 is 0.971 bits per heavy atom. The van der Waals surface area contributed by atoms with Crippen LogP contribution < -0.4 is 19.7 Å². The van der Waals surface area contributed by atoms with Crippen LogP contribution in [0.4, 0.5) is 16.6 Å². The van der Waals surface area contributed by atoms with Crippen LogP contribution in [0.15, 0.2) is 12.1 Å². The molecule has 9 heteroatoms. The normalized spacial score (nSPS) is 17.6. The van der Waals surface area contributed by atoms with Crippen LogP contribution in [-0.2, 0) is 4.74 Å². The van der Waals surface area contributed by atoms with Gasteiger partial charge < -0.3 is 29.3 Å². The maximum absolute atomic E-state index is 12.4. The molecule has 0 radical (unpaired) electrons. The zero-order valence-electron chi connectivity index (χ0n) is 21.0. The Balaban J connectivity index is 1.57. The molecule has 0 saturated carbocycles. The van der Waals surface area contributed by atoms with Crippen molar-refractivity contribution in [2.24, 2.45) is 0 Å². The number of methoxy groups -OCH3 is 2. The molecule has 1 N–H and O–H groups in total. The lowest BCUT2D eigenvalue weighted by Gasteiger charge is -2.34. The topological polar surface area (TPSA) is 89.1 Å². The molecule has 34 heavy (non-hydrogen) atoms. The average molecular weight is 472 g/mol. The fraction of sp³-hybridized carbons (Fsp3) is 0.640. The zero-order valence-corrected chi connectivity index (χ0v) is 21.0. The van der Waals surface area contributed by atoms with E-state index < -0.39 is 5.60 Å². The summed E-state index contributed by atoms with van der Waals surface area (Å²) in [5.74, 6) is 2.83. The molecule has 186 valence electrons. The molecule has 2 aliphatic rings. The predicted molar refractivity (Wildman–Crippen MR) is 133 cm³/mol. The average Bonchev–Trinajstić information content (AvgIpc) is 2.83. The summed E-state index contributed by atoms with van der Waals surface area (Å²) in [7, 11) is 3.26. The van der Waals surface area contributed by atoms with Gasteiger partial charge in [0.2, 0.25) is 5.95 Å². The van der Waals surface area contributed by atoms with Crippen molar-refractivity contribution < 1.29 is 19.0 Å². The largest absolute Gasteiger partial charge is 0.493 e. The number of hydrogen-bond donors (Lipinski definition) is 1. The van der Waals surface area contributed by atoms with Gasteiger partial charge in [-0.1, -0.05) is 0 Å². The second-order valence-electron chi connectivity index (χ2n) is 10.0. The number of ether oxygens (including phenoxy) is 3. The molecule has 3 heterocycles. The van der Waals surface area contributed by atoms with E-state index in [2.05, 4.69) is 10.2 Å². The molecule has 0 atom stereocenters. The van der Waals surface area contributed by atoms with Crippen molar-refractivity contribution in [2.45, 2.75) is 64.5 Å². The van der Waals surface area contributed by atoms with Gasteiger partial charge in [0, 0.05) is 43.7 Å². The Kier molecular flexibility index (Phi) is 7.19. The van der Waals surface area contributed by atoms with Gasteiger partial charge in [0.25, 0.3) is 0 Å². The van der Waals surface area contributed by atoms with Crippen LogP contribution in [0.1, 0.15) is 52.9 Å². The first-order chi connectivity index (χ1) is 16.3. The van der Waals surface area contributed by atoms with E-state index in [1.165, 1.54) is 6.42 Å². The number of nitrogens with one attached hydrogen (secondary N) is 1. The molecule has 0 unspecified atom stereocenters. The van der Waals surface area contributed by atoms with Gasteiger partial charge in [0.05, 0.1) is 19.7 Å². The number of aromatic nitrogens is 2. The fourth-order valence-electron chi connectivity index (χ4n) is 4.51. The summed E-state index contributed by atoms with van der Waals surface area (Å²) in [5.41, 5.74) is 0.332. The number of carbonyl (C=O) groups is 1. The van der Waals surface area contributed by atoms with Crippen molar-refractivity contribution in [2.75, 3.05) is 50.6 Å². The molecule has 4 rings (SSSR count). The third-order valence-corrected chi connectivity index (χ3v) is 6.32. The third kappa shape index (κ3) is 5.56. The maximum atomic E-state index is 12.4. The van der Waals surface area contributed by atoms with Gasteiger partial charge in [0.15, 0.2) is 11.5 Å². The Morgan fingerprint density at radius 3 is 2.24 bits per heavy atom. The van der Waals surface area contributed by atoms with Crippen LogP contribution in [-0.4, -0.2) is 73.0 Å². The Morgan fingerprint density at radius 2 is 1.62 bits per heavy atom. The van der Waals surface area contributed by atoms with E-state index in [1.807, 2.05) is 32.9 Å². The summed E-state index contributed by atoms with van der Waals surface area (Å²) in [5, 5.41) is 4.54. The highest BCUT2D eigenvalue weighted by Gasteiger charge is 2.28.